The Morgan fingerprint density at radius 1 is 1.39 bits per heavy atom. The van der Waals surface area contributed by atoms with Gasteiger partial charge in [-0.05, 0) is 32.9 Å². The second-order valence-corrected chi connectivity index (χ2v) is 6.20. The Kier molecular flexibility index (Phi) is 5.60. The molecule has 1 aliphatic heterocycles. The zero-order chi connectivity index (χ0) is 17.0. The first-order chi connectivity index (χ1) is 10.9. The first kappa shape index (κ1) is 17.3. The third kappa shape index (κ3) is 4.22. The van der Waals surface area contributed by atoms with Crippen molar-refractivity contribution in [1.29, 1.82) is 0 Å². The van der Waals surface area contributed by atoms with Crippen LogP contribution < -0.4 is 10.2 Å². The lowest BCUT2D eigenvalue weighted by Gasteiger charge is -2.27. The smallest absolute Gasteiger partial charge is 0.318 e. The van der Waals surface area contributed by atoms with E-state index in [1.165, 1.54) is 0 Å². The highest BCUT2D eigenvalue weighted by atomic mass is 16.3. The van der Waals surface area contributed by atoms with Gasteiger partial charge in [0.2, 0.25) is 5.91 Å². The summed E-state index contributed by atoms with van der Waals surface area (Å²) in [6.07, 6.45) is 0.296. The maximum absolute atomic E-state index is 12.3. The molecule has 3 amide bonds. The van der Waals surface area contributed by atoms with E-state index in [2.05, 4.69) is 5.32 Å². The van der Waals surface area contributed by atoms with Gasteiger partial charge >= 0.3 is 6.03 Å². The minimum Gasteiger partial charge on any atom is -0.395 e. The average molecular weight is 319 g/mol. The Morgan fingerprint density at radius 2 is 2.04 bits per heavy atom. The van der Waals surface area contributed by atoms with Gasteiger partial charge in [0.05, 0.1) is 12.6 Å². The molecule has 1 heterocycles. The summed E-state index contributed by atoms with van der Waals surface area (Å²) < 4.78 is 0. The molecule has 2 N–H and O–H groups in total. The number of aryl methyl sites for hydroxylation is 1. The molecular formula is C17H25N3O3. The van der Waals surface area contributed by atoms with Crippen molar-refractivity contribution in [3.8, 4) is 0 Å². The zero-order valence-corrected chi connectivity index (χ0v) is 14.0. The third-order valence-corrected chi connectivity index (χ3v) is 4.02. The van der Waals surface area contributed by atoms with Crippen LogP contribution in [-0.2, 0) is 4.79 Å². The molecule has 23 heavy (non-hydrogen) atoms. The summed E-state index contributed by atoms with van der Waals surface area (Å²) in [6, 6.07) is 7.32. The molecule has 126 valence electrons. The molecule has 1 atom stereocenters. The second kappa shape index (κ2) is 7.46. The Labute approximate surface area is 137 Å². The Balaban J connectivity index is 1.99. The van der Waals surface area contributed by atoms with Crippen LogP contribution in [0.4, 0.5) is 10.5 Å². The van der Waals surface area contributed by atoms with Crippen LogP contribution in [0.25, 0.3) is 0 Å². The third-order valence-electron chi connectivity index (χ3n) is 4.02. The van der Waals surface area contributed by atoms with E-state index in [-0.39, 0.29) is 37.2 Å². The van der Waals surface area contributed by atoms with Gasteiger partial charge in [-0.25, -0.2) is 4.79 Å². The molecule has 0 bridgehead atoms. The van der Waals surface area contributed by atoms with Crippen LogP contribution in [0.2, 0.25) is 0 Å². The highest BCUT2D eigenvalue weighted by Gasteiger charge is 2.32. The van der Waals surface area contributed by atoms with Crippen molar-refractivity contribution in [3.63, 3.8) is 0 Å². The molecule has 1 aromatic rings. The minimum atomic E-state index is -0.238. The number of aliphatic hydroxyl groups is 1. The van der Waals surface area contributed by atoms with Crippen molar-refractivity contribution >= 4 is 17.6 Å². The van der Waals surface area contributed by atoms with E-state index in [1.54, 1.807) is 9.80 Å². The minimum absolute atomic E-state index is 0.00699. The van der Waals surface area contributed by atoms with Crippen LogP contribution in [0.1, 0.15) is 25.8 Å². The number of rotatable bonds is 5. The van der Waals surface area contributed by atoms with Crippen LogP contribution in [0, 0.1) is 6.92 Å². The van der Waals surface area contributed by atoms with Crippen LogP contribution in [0.15, 0.2) is 24.3 Å². The Bertz CT molecular complexity index is 557. The number of benzene rings is 1. The first-order valence-corrected chi connectivity index (χ1v) is 7.97. The lowest BCUT2D eigenvalue weighted by Crippen LogP contribution is -2.49. The van der Waals surface area contributed by atoms with E-state index in [0.717, 1.165) is 11.3 Å². The summed E-state index contributed by atoms with van der Waals surface area (Å²) in [5.41, 5.74) is 2.00. The Hall–Kier alpha value is -2.08. The summed E-state index contributed by atoms with van der Waals surface area (Å²) in [5.74, 6) is 0.0115. The summed E-state index contributed by atoms with van der Waals surface area (Å²) in [4.78, 5) is 27.8. The van der Waals surface area contributed by atoms with Gasteiger partial charge < -0.3 is 20.2 Å². The molecule has 2 rings (SSSR count). The maximum Gasteiger partial charge on any atom is 0.318 e. The van der Waals surface area contributed by atoms with E-state index in [1.807, 2.05) is 45.0 Å². The van der Waals surface area contributed by atoms with Gasteiger partial charge in [0, 0.05) is 31.2 Å². The number of amides is 3. The van der Waals surface area contributed by atoms with Gasteiger partial charge in [-0.15, -0.1) is 0 Å². The molecule has 1 fully saturated rings. The zero-order valence-electron chi connectivity index (χ0n) is 14.0. The first-order valence-electron chi connectivity index (χ1n) is 7.97. The van der Waals surface area contributed by atoms with E-state index in [9.17, 15) is 9.59 Å². The number of hydrogen-bond acceptors (Lipinski definition) is 3. The Morgan fingerprint density at radius 3 is 2.61 bits per heavy atom. The fourth-order valence-corrected chi connectivity index (χ4v) is 2.74. The van der Waals surface area contributed by atoms with Crippen LogP contribution >= 0.6 is 0 Å². The lowest BCUT2D eigenvalue weighted by atomic mass is 10.2. The topological polar surface area (TPSA) is 72.9 Å². The van der Waals surface area contributed by atoms with Crippen molar-refractivity contribution in [3.05, 3.63) is 29.8 Å². The monoisotopic (exact) mass is 319 g/mol. The highest BCUT2D eigenvalue weighted by Crippen LogP contribution is 2.22. The standard InChI is InChI=1S/C17H25N3O3/c1-12(2)19(8-9-21)17(23)18-14-10-16(22)20(11-14)15-6-4-13(3)5-7-15/h4-7,12,14,21H,8-11H2,1-3H3,(H,18,23)/t14-/m0/s1. The summed E-state index contributed by atoms with van der Waals surface area (Å²) >= 11 is 0. The van der Waals surface area contributed by atoms with Gasteiger partial charge in [0.25, 0.3) is 0 Å². The van der Waals surface area contributed by atoms with Crippen LogP contribution in [0.5, 0.6) is 0 Å². The number of aliphatic hydroxyl groups excluding tert-OH is 1. The molecule has 1 aliphatic rings. The SMILES string of the molecule is Cc1ccc(N2C[C@@H](NC(=O)N(CCO)C(C)C)CC2=O)cc1. The predicted molar refractivity (Wildman–Crippen MR) is 89.4 cm³/mol. The van der Waals surface area contributed by atoms with E-state index < -0.39 is 0 Å². The normalized spacial score (nSPS) is 17.7. The number of carbonyl (C=O) groups excluding carboxylic acids is 2. The summed E-state index contributed by atoms with van der Waals surface area (Å²) in [5, 5.41) is 12.0. The molecule has 0 unspecified atom stereocenters. The average Bonchev–Trinajstić information content (AvgIpc) is 2.85. The number of nitrogens with one attached hydrogen (secondary N) is 1. The predicted octanol–water partition coefficient (Wildman–Crippen LogP) is 1.51. The fourth-order valence-electron chi connectivity index (χ4n) is 2.74. The molecule has 0 spiro atoms. The number of urea groups is 1. The summed E-state index contributed by atoms with van der Waals surface area (Å²) in [6.45, 7) is 6.47. The van der Waals surface area contributed by atoms with E-state index in [0.29, 0.717) is 13.0 Å². The van der Waals surface area contributed by atoms with Gasteiger partial charge in [-0.3, -0.25) is 4.79 Å². The highest BCUT2D eigenvalue weighted by molar-refractivity contribution is 5.96. The van der Waals surface area contributed by atoms with E-state index >= 15 is 0 Å². The van der Waals surface area contributed by atoms with Gasteiger partial charge in [-0.1, -0.05) is 17.7 Å². The molecule has 1 aromatic carbocycles. The van der Waals surface area contributed by atoms with Crippen molar-refractivity contribution in [1.82, 2.24) is 10.2 Å². The lowest BCUT2D eigenvalue weighted by molar-refractivity contribution is -0.117. The number of hydrogen-bond donors (Lipinski definition) is 2. The van der Waals surface area contributed by atoms with Gasteiger partial charge in [0.1, 0.15) is 0 Å². The molecule has 1 saturated heterocycles. The van der Waals surface area contributed by atoms with Gasteiger partial charge in [-0.2, -0.15) is 0 Å². The number of anilines is 1. The molecular weight excluding hydrogens is 294 g/mol. The molecule has 6 nitrogen and oxygen atoms in total. The number of carbonyl (C=O) groups is 2. The van der Waals surface area contributed by atoms with Crippen molar-refractivity contribution in [2.75, 3.05) is 24.6 Å². The van der Waals surface area contributed by atoms with Crippen molar-refractivity contribution < 1.29 is 14.7 Å². The molecule has 0 saturated carbocycles. The fraction of sp³-hybridized carbons (Fsp3) is 0.529. The quantitative estimate of drug-likeness (QED) is 0.864. The molecule has 0 aliphatic carbocycles. The van der Waals surface area contributed by atoms with Gasteiger partial charge in [0.15, 0.2) is 0 Å². The van der Waals surface area contributed by atoms with Crippen molar-refractivity contribution in [2.24, 2.45) is 0 Å². The maximum atomic E-state index is 12.3. The number of nitrogens with zero attached hydrogens (tertiary/aromatic N) is 2. The van der Waals surface area contributed by atoms with E-state index in [4.69, 9.17) is 5.11 Å². The summed E-state index contributed by atoms with van der Waals surface area (Å²) in [7, 11) is 0. The second-order valence-electron chi connectivity index (χ2n) is 6.20. The molecule has 6 heteroatoms. The van der Waals surface area contributed by atoms with Crippen LogP contribution in [-0.4, -0.2) is 53.7 Å². The molecule has 0 radical (unpaired) electrons. The largest absolute Gasteiger partial charge is 0.395 e. The van der Waals surface area contributed by atoms with Crippen molar-refractivity contribution in [2.45, 2.75) is 39.3 Å². The molecule has 0 aromatic heterocycles. The van der Waals surface area contributed by atoms with Crippen LogP contribution in [0.3, 0.4) is 0 Å².